The summed E-state index contributed by atoms with van der Waals surface area (Å²) < 4.78 is 7.79. The fraction of sp³-hybridized carbons (Fsp3) is 0.200. The average molecular weight is 336 g/mol. The van der Waals surface area contributed by atoms with E-state index in [-0.39, 0.29) is 6.04 Å². The zero-order valence-corrected chi connectivity index (χ0v) is 12.9. The molecule has 19 heavy (non-hydrogen) atoms. The van der Waals surface area contributed by atoms with Crippen LogP contribution in [0.2, 0.25) is 0 Å². The zero-order chi connectivity index (χ0) is 13.2. The normalized spacial score (nSPS) is 12.9. The number of furan rings is 1. The fourth-order valence-electron chi connectivity index (χ4n) is 2.17. The van der Waals surface area contributed by atoms with E-state index in [4.69, 9.17) is 4.42 Å². The number of hydrogen-bond donors (Lipinski definition) is 1. The van der Waals surface area contributed by atoms with E-state index in [0.29, 0.717) is 0 Å². The van der Waals surface area contributed by atoms with Gasteiger partial charge in [0.1, 0.15) is 11.8 Å². The number of nitrogens with one attached hydrogen (secondary N) is 1. The summed E-state index contributed by atoms with van der Waals surface area (Å²) in [5, 5.41) is 4.77. The Balaban J connectivity index is 2.03. The van der Waals surface area contributed by atoms with Gasteiger partial charge in [-0.1, -0.05) is 25.1 Å². The van der Waals surface area contributed by atoms with Crippen molar-refractivity contribution in [3.05, 3.63) is 57.8 Å². The summed E-state index contributed by atoms with van der Waals surface area (Å²) in [4.78, 5) is 1.28. The van der Waals surface area contributed by atoms with Gasteiger partial charge in [-0.25, -0.2) is 0 Å². The van der Waals surface area contributed by atoms with Gasteiger partial charge in [-0.15, -0.1) is 11.3 Å². The molecule has 0 aliphatic heterocycles. The summed E-state index contributed by atoms with van der Waals surface area (Å²) in [5.41, 5.74) is 0. The molecule has 0 fully saturated rings. The minimum atomic E-state index is 0.119. The second-order valence-electron chi connectivity index (χ2n) is 4.32. The lowest BCUT2D eigenvalue weighted by molar-refractivity contribution is 0.440. The molecule has 1 N–H and O–H groups in total. The Morgan fingerprint density at radius 2 is 2.11 bits per heavy atom. The lowest BCUT2D eigenvalue weighted by atomic mass is 10.1. The van der Waals surface area contributed by atoms with E-state index in [1.54, 1.807) is 0 Å². The van der Waals surface area contributed by atoms with Crippen LogP contribution in [0.1, 0.15) is 23.6 Å². The molecule has 3 rings (SSSR count). The topological polar surface area (TPSA) is 25.2 Å². The monoisotopic (exact) mass is 335 g/mol. The molecule has 1 atom stereocenters. The third-order valence-corrected chi connectivity index (χ3v) is 4.62. The van der Waals surface area contributed by atoms with Crippen molar-refractivity contribution < 1.29 is 4.42 Å². The maximum atomic E-state index is 5.71. The van der Waals surface area contributed by atoms with Gasteiger partial charge in [0.2, 0.25) is 0 Å². The lowest BCUT2D eigenvalue weighted by Gasteiger charge is -2.13. The first-order valence-electron chi connectivity index (χ1n) is 6.25. The smallest absolute Gasteiger partial charge is 0.169 e. The minimum absolute atomic E-state index is 0.119. The Bertz CT molecular complexity index is 655. The third kappa shape index (κ3) is 2.61. The molecule has 0 aliphatic carbocycles. The molecule has 4 heteroatoms. The summed E-state index contributed by atoms with van der Waals surface area (Å²) in [7, 11) is 0. The van der Waals surface area contributed by atoms with E-state index in [2.05, 4.69) is 58.5 Å². The van der Waals surface area contributed by atoms with Gasteiger partial charge in [0.05, 0.1) is 0 Å². The number of thiophene rings is 1. The van der Waals surface area contributed by atoms with E-state index in [1.807, 2.05) is 23.5 Å². The Labute approximate surface area is 124 Å². The van der Waals surface area contributed by atoms with Crippen LogP contribution >= 0.6 is 27.3 Å². The predicted octanol–water partition coefficient (Wildman–Crippen LogP) is 4.96. The molecular weight excluding hydrogens is 322 g/mol. The first kappa shape index (κ1) is 12.9. The number of benzene rings is 1. The molecule has 0 amide bonds. The van der Waals surface area contributed by atoms with Crippen molar-refractivity contribution in [2.24, 2.45) is 0 Å². The maximum absolute atomic E-state index is 5.71. The molecular formula is C15H14BrNOS. The SMILES string of the molecule is CCNC(c1ccc(Br)o1)c1cc2ccccc2s1. The van der Waals surface area contributed by atoms with Crippen molar-refractivity contribution in [1.29, 1.82) is 0 Å². The summed E-state index contributed by atoms with van der Waals surface area (Å²) in [6.45, 7) is 3.01. The first-order valence-corrected chi connectivity index (χ1v) is 7.86. The van der Waals surface area contributed by atoms with Gasteiger partial charge in [-0.05, 0) is 52.1 Å². The Morgan fingerprint density at radius 3 is 2.79 bits per heavy atom. The number of hydrogen-bond acceptors (Lipinski definition) is 3. The Morgan fingerprint density at radius 1 is 1.26 bits per heavy atom. The van der Waals surface area contributed by atoms with Crippen molar-refractivity contribution in [2.75, 3.05) is 6.54 Å². The molecule has 2 aromatic heterocycles. The molecule has 0 saturated heterocycles. The second kappa shape index (κ2) is 5.49. The molecule has 1 unspecified atom stereocenters. The van der Waals surface area contributed by atoms with Gasteiger partial charge in [0.15, 0.2) is 4.67 Å². The predicted molar refractivity (Wildman–Crippen MR) is 83.8 cm³/mol. The van der Waals surface area contributed by atoms with Crippen molar-refractivity contribution in [3.8, 4) is 0 Å². The highest BCUT2D eigenvalue weighted by atomic mass is 79.9. The molecule has 0 aliphatic rings. The molecule has 0 spiro atoms. The molecule has 0 saturated carbocycles. The third-order valence-electron chi connectivity index (χ3n) is 3.02. The summed E-state index contributed by atoms with van der Waals surface area (Å²) in [6, 6.07) is 14.8. The van der Waals surface area contributed by atoms with E-state index in [1.165, 1.54) is 15.0 Å². The first-order chi connectivity index (χ1) is 9.28. The fourth-order valence-corrected chi connectivity index (χ4v) is 3.64. The van der Waals surface area contributed by atoms with E-state index >= 15 is 0 Å². The van der Waals surface area contributed by atoms with Gasteiger partial charge < -0.3 is 9.73 Å². The molecule has 0 bridgehead atoms. The van der Waals surface area contributed by atoms with Crippen LogP contribution in [0.4, 0.5) is 0 Å². The zero-order valence-electron chi connectivity index (χ0n) is 10.5. The van der Waals surface area contributed by atoms with Crippen molar-refractivity contribution in [1.82, 2.24) is 5.32 Å². The highest BCUT2D eigenvalue weighted by Gasteiger charge is 2.19. The number of rotatable bonds is 4. The molecule has 0 radical (unpaired) electrons. The summed E-state index contributed by atoms with van der Waals surface area (Å²) >= 11 is 5.18. The highest BCUT2D eigenvalue weighted by molar-refractivity contribution is 9.10. The van der Waals surface area contributed by atoms with Crippen LogP contribution in [-0.2, 0) is 0 Å². The van der Waals surface area contributed by atoms with Crippen LogP contribution in [-0.4, -0.2) is 6.54 Å². The summed E-state index contributed by atoms with van der Waals surface area (Å²) in [5.74, 6) is 0.945. The molecule has 98 valence electrons. The molecule has 3 aromatic rings. The highest BCUT2D eigenvalue weighted by Crippen LogP contribution is 2.34. The van der Waals surface area contributed by atoms with Crippen molar-refractivity contribution in [2.45, 2.75) is 13.0 Å². The molecule has 1 aromatic carbocycles. The molecule has 2 heterocycles. The van der Waals surface area contributed by atoms with Gasteiger partial charge >= 0.3 is 0 Å². The van der Waals surface area contributed by atoms with Crippen LogP contribution < -0.4 is 5.32 Å². The van der Waals surface area contributed by atoms with Gasteiger partial charge in [0, 0.05) is 9.58 Å². The van der Waals surface area contributed by atoms with Gasteiger partial charge in [-0.2, -0.15) is 0 Å². The number of halogens is 1. The lowest BCUT2D eigenvalue weighted by Crippen LogP contribution is -2.20. The van der Waals surface area contributed by atoms with Crippen LogP contribution in [0.3, 0.4) is 0 Å². The largest absolute Gasteiger partial charge is 0.452 e. The van der Waals surface area contributed by atoms with Gasteiger partial charge in [-0.3, -0.25) is 0 Å². The van der Waals surface area contributed by atoms with E-state index in [0.717, 1.165) is 17.0 Å². The standard InChI is InChI=1S/C15H14BrNOS/c1-2-17-15(11-7-8-14(16)18-11)13-9-10-5-3-4-6-12(10)19-13/h3-9,15,17H,2H2,1H3. The summed E-state index contributed by atoms with van der Waals surface area (Å²) in [6.07, 6.45) is 0. The van der Waals surface area contributed by atoms with E-state index in [9.17, 15) is 0 Å². The van der Waals surface area contributed by atoms with Gasteiger partial charge in [0.25, 0.3) is 0 Å². The second-order valence-corrected chi connectivity index (χ2v) is 6.22. The average Bonchev–Trinajstić information content (AvgIpc) is 3.01. The Kier molecular flexibility index (Phi) is 3.73. The van der Waals surface area contributed by atoms with Crippen molar-refractivity contribution in [3.63, 3.8) is 0 Å². The van der Waals surface area contributed by atoms with Crippen LogP contribution in [0, 0.1) is 0 Å². The minimum Gasteiger partial charge on any atom is -0.452 e. The quantitative estimate of drug-likeness (QED) is 0.729. The number of fused-ring (bicyclic) bond motifs is 1. The van der Waals surface area contributed by atoms with E-state index < -0.39 is 0 Å². The van der Waals surface area contributed by atoms with Crippen LogP contribution in [0.25, 0.3) is 10.1 Å². The van der Waals surface area contributed by atoms with Crippen molar-refractivity contribution >= 4 is 37.4 Å². The van der Waals surface area contributed by atoms with Crippen LogP contribution in [0.15, 0.2) is 51.6 Å². The maximum Gasteiger partial charge on any atom is 0.169 e. The molecule has 2 nitrogen and oxygen atoms in total. The Hall–Kier alpha value is -1.10. The van der Waals surface area contributed by atoms with Crippen LogP contribution in [0.5, 0.6) is 0 Å².